The van der Waals surface area contributed by atoms with Crippen LogP contribution in [0, 0.1) is 5.92 Å². The second kappa shape index (κ2) is 7.27. The fraction of sp³-hybridized carbons (Fsp3) is 0.625. The van der Waals surface area contributed by atoms with Gasteiger partial charge < -0.3 is 5.32 Å². The van der Waals surface area contributed by atoms with Gasteiger partial charge in [-0.25, -0.2) is 0 Å². The monoisotopic (exact) mass is 300 g/mol. The van der Waals surface area contributed by atoms with Crippen LogP contribution in [0.25, 0.3) is 0 Å². The number of alkyl halides is 3. The summed E-state index contributed by atoms with van der Waals surface area (Å²) in [6.45, 7) is 4.03. The van der Waals surface area contributed by atoms with E-state index in [1.165, 1.54) is 16.0 Å². The van der Waals surface area contributed by atoms with E-state index in [0.717, 1.165) is 25.9 Å². The first-order valence-electron chi connectivity index (χ1n) is 7.54. The van der Waals surface area contributed by atoms with Crippen LogP contribution in [0.15, 0.2) is 24.3 Å². The standard InChI is InChI=1S/C16H23F3N2/c1-2-14-5-3-4-6-15(14)10-20-9-13-7-8-21(11-13)12-16(17,18)19/h3-6,13,20H,2,7-12H2,1H3. The van der Waals surface area contributed by atoms with E-state index in [1.54, 1.807) is 0 Å². The molecule has 2 nitrogen and oxygen atoms in total. The minimum atomic E-state index is -4.08. The van der Waals surface area contributed by atoms with Gasteiger partial charge in [0.05, 0.1) is 6.54 Å². The van der Waals surface area contributed by atoms with E-state index >= 15 is 0 Å². The van der Waals surface area contributed by atoms with Gasteiger partial charge in [0.15, 0.2) is 0 Å². The molecule has 1 aromatic carbocycles. The van der Waals surface area contributed by atoms with Gasteiger partial charge in [-0.1, -0.05) is 31.2 Å². The molecule has 2 rings (SSSR count). The molecule has 1 aliphatic heterocycles. The normalized spacial score (nSPS) is 20.1. The third kappa shape index (κ3) is 5.32. The first kappa shape index (κ1) is 16.3. The first-order valence-corrected chi connectivity index (χ1v) is 7.54. The van der Waals surface area contributed by atoms with E-state index in [-0.39, 0.29) is 0 Å². The predicted molar refractivity (Wildman–Crippen MR) is 78.1 cm³/mol. The highest BCUT2D eigenvalue weighted by molar-refractivity contribution is 5.26. The van der Waals surface area contributed by atoms with Crippen molar-refractivity contribution in [2.45, 2.75) is 32.5 Å². The number of halogens is 3. The van der Waals surface area contributed by atoms with Crippen molar-refractivity contribution in [2.75, 3.05) is 26.2 Å². The fourth-order valence-corrected chi connectivity index (χ4v) is 2.96. The molecule has 21 heavy (non-hydrogen) atoms. The van der Waals surface area contributed by atoms with Crippen molar-refractivity contribution in [3.8, 4) is 0 Å². The predicted octanol–water partition coefficient (Wildman–Crippen LogP) is 3.22. The van der Waals surface area contributed by atoms with Crippen molar-refractivity contribution < 1.29 is 13.2 Å². The number of nitrogens with one attached hydrogen (secondary N) is 1. The summed E-state index contributed by atoms with van der Waals surface area (Å²) in [5, 5.41) is 3.39. The molecule has 1 N–H and O–H groups in total. The van der Waals surface area contributed by atoms with Crippen molar-refractivity contribution >= 4 is 0 Å². The van der Waals surface area contributed by atoms with Crippen LogP contribution in [0.1, 0.15) is 24.5 Å². The fourth-order valence-electron chi connectivity index (χ4n) is 2.96. The third-order valence-electron chi connectivity index (χ3n) is 4.02. The first-order chi connectivity index (χ1) is 9.98. The largest absolute Gasteiger partial charge is 0.401 e. The van der Waals surface area contributed by atoms with E-state index in [1.807, 2.05) is 12.1 Å². The molecule has 1 aromatic rings. The number of aryl methyl sites for hydroxylation is 1. The van der Waals surface area contributed by atoms with E-state index < -0.39 is 12.7 Å². The molecule has 1 aliphatic rings. The number of benzene rings is 1. The van der Waals surface area contributed by atoms with Gasteiger partial charge in [0.2, 0.25) is 0 Å². The highest BCUT2D eigenvalue weighted by atomic mass is 19.4. The Hall–Kier alpha value is -1.07. The summed E-state index contributed by atoms with van der Waals surface area (Å²) in [5.41, 5.74) is 2.61. The van der Waals surface area contributed by atoms with Gasteiger partial charge in [0.1, 0.15) is 0 Å². The van der Waals surface area contributed by atoms with Gasteiger partial charge >= 0.3 is 6.18 Å². The minimum Gasteiger partial charge on any atom is -0.312 e. The molecule has 0 spiro atoms. The maximum absolute atomic E-state index is 12.3. The van der Waals surface area contributed by atoms with Crippen LogP contribution in [0.3, 0.4) is 0 Å². The molecule has 1 atom stereocenters. The van der Waals surface area contributed by atoms with Crippen LogP contribution >= 0.6 is 0 Å². The number of hydrogen-bond donors (Lipinski definition) is 1. The van der Waals surface area contributed by atoms with E-state index in [9.17, 15) is 13.2 Å². The molecule has 0 aromatic heterocycles. The number of likely N-dealkylation sites (tertiary alicyclic amines) is 1. The van der Waals surface area contributed by atoms with Crippen LogP contribution in [0.2, 0.25) is 0 Å². The van der Waals surface area contributed by atoms with Gasteiger partial charge in [0.25, 0.3) is 0 Å². The lowest BCUT2D eigenvalue weighted by atomic mass is 10.0. The summed E-state index contributed by atoms with van der Waals surface area (Å²) in [6.07, 6.45) is -2.23. The Kier molecular flexibility index (Phi) is 5.65. The molecular formula is C16H23F3N2. The average Bonchev–Trinajstić information content (AvgIpc) is 2.84. The molecule has 118 valence electrons. The van der Waals surface area contributed by atoms with E-state index in [4.69, 9.17) is 0 Å². The van der Waals surface area contributed by atoms with Crippen LogP contribution < -0.4 is 5.32 Å². The van der Waals surface area contributed by atoms with E-state index in [0.29, 0.717) is 19.0 Å². The van der Waals surface area contributed by atoms with Gasteiger partial charge in [-0.05, 0) is 43.0 Å². The Morgan fingerprint density at radius 2 is 1.95 bits per heavy atom. The topological polar surface area (TPSA) is 15.3 Å². The lowest BCUT2D eigenvalue weighted by molar-refractivity contribution is -0.143. The maximum Gasteiger partial charge on any atom is 0.401 e. The van der Waals surface area contributed by atoms with Crippen molar-refractivity contribution in [3.05, 3.63) is 35.4 Å². The third-order valence-corrected chi connectivity index (χ3v) is 4.02. The smallest absolute Gasteiger partial charge is 0.312 e. The minimum absolute atomic E-state index is 0.320. The van der Waals surface area contributed by atoms with Gasteiger partial charge in [-0.2, -0.15) is 13.2 Å². The van der Waals surface area contributed by atoms with Crippen LogP contribution in [-0.4, -0.2) is 37.3 Å². The molecule has 1 fully saturated rings. The molecular weight excluding hydrogens is 277 g/mol. The second-order valence-electron chi connectivity index (χ2n) is 5.76. The Bertz CT molecular complexity index is 445. The van der Waals surface area contributed by atoms with Gasteiger partial charge in [0, 0.05) is 13.1 Å². The highest BCUT2D eigenvalue weighted by Crippen LogP contribution is 2.22. The number of nitrogens with zero attached hydrogens (tertiary/aromatic N) is 1. The molecule has 0 saturated carbocycles. The molecule has 1 unspecified atom stereocenters. The Morgan fingerprint density at radius 1 is 1.24 bits per heavy atom. The molecule has 0 amide bonds. The van der Waals surface area contributed by atoms with Gasteiger partial charge in [-0.3, -0.25) is 4.90 Å². The maximum atomic E-state index is 12.3. The zero-order chi connectivity index (χ0) is 15.3. The zero-order valence-electron chi connectivity index (χ0n) is 12.4. The van der Waals surface area contributed by atoms with Crippen LogP contribution in [0.5, 0.6) is 0 Å². The molecule has 0 radical (unpaired) electrons. The summed E-state index contributed by atoms with van der Waals surface area (Å²) in [6, 6.07) is 8.29. The second-order valence-corrected chi connectivity index (χ2v) is 5.76. The number of rotatable bonds is 6. The SMILES string of the molecule is CCc1ccccc1CNCC1CCN(CC(F)(F)F)C1. The van der Waals surface area contributed by atoms with E-state index in [2.05, 4.69) is 24.4 Å². The lowest BCUT2D eigenvalue weighted by Gasteiger charge is -2.18. The summed E-state index contributed by atoms with van der Waals surface area (Å²) in [5.74, 6) is 0.320. The highest BCUT2D eigenvalue weighted by Gasteiger charge is 2.34. The lowest BCUT2D eigenvalue weighted by Crippen LogP contribution is -2.33. The molecule has 0 aliphatic carbocycles. The summed E-state index contributed by atoms with van der Waals surface area (Å²) in [7, 11) is 0. The molecule has 1 saturated heterocycles. The molecule has 0 bridgehead atoms. The van der Waals surface area contributed by atoms with Crippen molar-refractivity contribution in [1.82, 2.24) is 10.2 Å². The van der Waals surface area contributed by atoms with Crippen LogP contribution in [0.4, 0.5) is 13.2 Å². The quantitative estimate of drug-likeness (QED) is 0.868. The summed E-state index contributed by atoms with van der Waals surface area (Å²) >= 11 is 0. The number of hydrogen-bond acceptors (Lipinski definition) is 2. The Morgan fingerprint density at radius 3 is 2.62 bits per heavy atom. The summed E-state index contributed by atoms with van der Waals surface area (Å²) < 4.78 is 37.0. The van der Waals surface area contributed by atoms with Gasteiger partial charge in [-0.15, -0.1) is 0 Å². The van der Waals surface area contributed by atoms with Crippen molar-refractivity contribution in [3.63, 3.8) is 0 Å². The zero-order valence-corrected chi connectivity index (χ0v) is 12.4. The Labute approximate surface area is 124 Å². The van der Waals surface area contributed by atoms with Crippen molar-refractivity contribution in [2.24, 2.45) is 5.92 Å². The summed E-state index contributed by atoms with van der Waals surface area (Å²) in [4.78, 5) is 1.51. The average molecular weight is 300 g/mol. The molecule has 1 heterocycles. The molecule has 5 heteroatoms. The Balaban J connectivity index is 1.72. The van der Waals surface area contributed by atoms with Crippen molar-refractivity contribution in [1.29, 1.82) is 0 Å². The van der Waals surface area contributed by atoms with Crippen LogP contribution in [-0.2, 0) is 13.0 Å².